The van der Waals surface area contributed by atoms with Crippen molar-refractivity contribution >= 4 is 26.8 Å². The molecule has 0 aliphatic heterocycles. The lowest BCUT2D eigenvalue weighted by Crippen LogP contribution is -2.05. The molecule has 4 aromatic rings. The van der Waals surface area contributed by atoms with Gasteiger partial charge in [0, 0.05) is 10.0 Å². The first-order chi connectivity index (χ1) is 12.6. The monoisotopic (exact) mass is 412 g/mol. The van der Waals surface area contributed by atoms with Gasteiger partial charge in [-0.3, -0.25) is 4.79 Å². The Bertz CT molecular complexity index is 1180. The summed E-state index contributed by atoms with van der Waals surface area (Å²) in [4.78, 5) is 23.0. The van der Waals surface area contributed by atoms with E-state index in [0.717, 1.165) is 10.0 Å². The lowest BCUT2D eigenvalue weighted by molar-refractivity contribution is 0.405. The summed E-state index contributed by atoms with van der Waals surface area (Å²) in [5.41, 5.74) is 2.81. The number of aryl methyl sites for hydroxylation is 1. The Balaban J connectivity index is 1.80. The van der Waals surface area contributed by atoms with Crippen LogP contribution in [-0.2, 0) is 0 Å². The second-order valence-corrected chi connectivity index (χ2v) is 6.54. The van der Waals surface area contributed by atoms with Crippen molar-refractivity contribution in [2.75, 3.05) is 7.11 Å². The van der Waals surface area contributed by atoms with Crippen LogP contribution in [0.15, 0.2) is 50.4 Å². The number of H-pyrrole nitrogens is 1. The minimum atomic E-state index is -0.190. The van der Waals surface area contributed by atoms with E-state index >= 15 is 0 Å². The molecule has 0 radical (unpaired) electrons. The maximum absolute atomic E-state index is 11.8. The highest BCUT2D eigenvalue weighted by atomic mass is 79.9. The number of ether oxygens (including phenoxy) is 1. The molecule has 0 fully saturated rings. The highest BCUT2D eigenvalue weighted by Crippen LogP contribution is 2.34. The smallest absolute Gasteiger partial charge is 0.262 e. The molecule has 0 atom stereocenters. The molecule has 8 heteroatoms. The van der Waals surface area contributed by atoms with Crippen molar-refractivity contribution in [3.8, 4) is 28.6 Å². The van der Waals surface area contributed by atoms with Gasteiger partial charge in [0.25, 0.3) is 11.4 Å². The maximum atomic E-state index is 11.8. The van der Waals surface area contributed by atoms with Crippen LogP contribution >= 0.6 is 15.9 Å². The number of benzene rings is 2. The van der Waals surface area contributed by atoms with Crippen LogP contribution in [0.5, 0.6) is 5.75 Å². The van der Waals surface area contributed by atoms with Crippen LogP contribution in [0, 0.1) is 6.92 Å². The van der Waals surface area contributed by atoms with Gasteiger partial charge in [0.05, 0.1) is 29.9 Å². The molecule has 0 amide bonds. The first-order valence-corrected chi connectivity index (χ1v) is 8.52. The fourth-order valence-corrected chi connectivity index (χ4v) is 2.99. The molecule has 2 aromatic carbocycles. The number of nitrogens with zero attached hydrogens (tertiary/aromatic N) is 3. The summed E-state index contributed by atoms with van der Waals surface area (Å²) in [5.74, 6) is 1.40. The molecular weight excluding hydrogens is 400 g/mol. The van der Waals surface area contributed by atoms with Gasteiger partial charge in [-0.1, -0.05) is 27.2 Å². The van der Waals surface area contributed by atoms with E-state index < -0.39 is 0 Å². The zero-order valence-corrected chi connectivity index (χ0v) is 15.5. The van der Waals surface area contributed by atoms with Crippen LogP contribution in [0.4, 0.5) is 0 Å². The Morgan fingerprint density at radius 3 is 2.88 bits per heavy atom. The van der Waals surface area contributed by atoms with E-state index in [9.17, 15) is 4.79 Å². The fraction of sp³-hybridized carbons (Fsp3) is 0.111. The minimum absolute atomic E-state index is 0.190. The minimum Gasteiger partial charge on any atom is -0.496 e. The molecule has 4 rings (SSSR count). The Hall–Kier alpha value is -3.00. The summed E-state index contributed by atoms with van der Waals surface area (Å²) >= 11 is 3.51. The average molecular weight is 413 g/mol. The van der Waals surface area contributed by atoms with E-state index in [1.54, 1.807) is 25.3 Å². The molecule has 0 aliphatic rings. The topological polar surface area (TPSA) is 93.9 Å². The Morgan fingerprint density at radius 1 is 1.23 bits per heavy atom. The third-order valence-corrected chi connectivity index (χ3v) is 4.89. The molecule has 26 heavy (non-hydrogen) atoms. The first-order valence-electron chi connectivity index (χ1n) is 7.73. The summed E-state index contributed by atoms with van der Waals surface area (Å²) in [7, 11) is 1.59. The van der Waals surface area contributed by atoms with Gasteiger partial charge in [-0.15, -0.1) is 0 Å². The highest BCUT2D eigenvalue weighted by molar-refractivity contribution is 9.10. The Labute approximate surface area is 156 Å². The Morgan fingerprint density at radius 2 is 2.08 bits per heavy atom. The van der Waals surface area contributed by atoms with E-state index in [4.69, 9.17) is 9.26 Å². The third-order valence-electron chi connectivity index (χ3n) is 4.04. The van der Waals surface area contributed by atoms with Crippen LogP contribution in [0.2, 0.25) is 0 Å². The van der Waals surface area contributed by atoms with Crippen molar-refractivity contribution in [1.82, 2.24) is 20.1 Å². The molecule has 2 aromatic heterocycles. The van der Waals surface area contributed by atoms with Crippen LogP contribution in [0.25, 0.3) is 33.7 Å². The standard InChI is InChI=1S/C18H13BrN4O3/c1-9-5-15(25-2)12(7-13(9)19)18-22-16(23-26-18)10-3-4-11-14(6-10)20-8-21-17(11)24/h3-8H,1-2H3,(H,20,21,24). The van der Waals surface area contributed by atoms with Gasteiger partial charge >= 0.3 is 0 Å². The quantitative estimate of drug-likeness (QED) is 0.550. The van der Waals surface area contributed by atoms with E-state index in [2.05, 4.69) is 36.0 Å². The number of methoxy groups -OCH3 is 1. The molecule has 0 saturated carbocycles. The van der Waals surface area contributed by atoms with E-state index in [0.29, 0.717) is 39.5 Å². The number of fused-ring (bicyclic) bond motifs is 1. The van der Waals surface area contributed by atoms with Crippen molar-refractivity contribution < 1.29 is 9.26 Å². The van der Waals surface area contributed by atoms with Gasteiger partial charge < -0.3 is 14.2 Å². The van der Waals surface area contributed by atoms with Gasteiger partial charge in [0.1, 0.15) is 5.75 Å². The van der Waals surface area contributed by atoms with Crippen molar-refractivity contribution in [2.45, 2.75) is 6.92 Å². The van der Waals surface area contributed by atoms with Crippen LogP contribution in [-0.4, -0.2) is 27.2 Å². The van der Waals surface area contributed by atoms with Gasteiger partial charge in [0.15, 0.2) is 0 Å². The predicted molar refractivity (Wildman–Crippen MR) is 100 cm³/mol. The third kappa shape index (κ3) is 2.78. The van der Waals surface area contributed by atoms with Gasteiger partial charge in [-0.2, -0.15) is 4.98 Å². The SMILES string of the molecule is COc1cc(C)c(Br)cc1-c1nc(-c2ccc3c(=O)[nH]cnc3c2)no1. The molecule has 0 spiro atoms. The fourth-order valence-electron chi connectivity index (χ4n) is 2.65. The van der Waals surface area contributed by atoms with Gasteiger partial charge in [-0.05, 0) is 36.8 Å². The van der Waals surface area contributed by atoms with Crippen LogP contribution in [0.1, 0.15) is 5.56 Å². The van der Waals surface area contributed by atoms with E-state index in [1.807, 2.05) is 19.1 Å². The summed E-state index contributed by atoms with van der Waals surface area (Å²) in [6.45, 7) is 1.97. The van der Waals surface area contributed by atoms with Crippen molar-refractivity contribution in [3.63, 3.8) is 0 Å². The number of halogens is 1. The lowest BCUT2D eigenvalue weighted by Gasteiger charge is -2.07. The van der Waals surface area contributed by atoms with Crippen LogP contribution in [0.3, 0.4) is 0 Å². The normalized spacial score (nSPS) is 11.0. The second kappa shape index (κ2) is 6.38. The van der Waals surface area contributed by atoms with Crippen molar-refractivity contribution in [1.29, 1.82) is 0 Å². The zero-order valence-electron chi connectivity index (χ0n) is 13.9. The largest absolute Gasteiger partial charge is 0.496 e. The summed E-state index contributed by atoms with van der Waals surface area (Å²) < 4.78 is 11.8. The van der Waals surface area contributed by atoms with Crippen molar-refractivity contribution in [3.05, 3.63) is 57.0 Å². The number of aromatic amines is 1. The molecule has 7 nitrogen and oxygen atoms in total. The number of nitrogens with one attached hydrogen (secondary N) is 1. The average Bonchev–Trinajstić information content (AvgIpc) is 3.13. The molecular formula is C18H13BrN4O3. The first kappa shape index (κ1) is 16.5. The van der Waals surface area contributed by atoms with Crippen molar-refractivity contribution in [2.24, 2.45) is 0 Å². The molecule has 0 saturated heterocycles. The lowest BCUT2D eigenvalue weighted by atomic mass is 10.1. The van der Waals surface area contributed by atoms with Gasteiger partial charge in [-0.25, -0.2) is 4.98 Å². The molecule has 1 N–H and O–H groups in total. The molecule has 130 valence electrons. The number of rotatable bonds is 3. The second-order valence-electron chi connectivity index (χ2n) is 5.69. The molecule has 0 bridgehead atoms. The molecule has 2 heterocycles. The number of hydrogen-bond donors (Lipinski definition) is 1. The summed E-state index contributed by atoms with van der Waals surface area (Å²) in [6, 6.07) is 8.98. The summed E-state index contributed by atoms with van der Waals surface area (Å²) in [6.07, 6.45) is 1.37. The summed E-state index contributed by atoms with van der Waals surface area (Å²) in [5, 5.41) is 4.55. The predicted octanol–water partition coefficient (Wildman–Crippen LogP) is 3.72. The highest BCUT2D eigenvalue weighted by Gasteiger charge is 2.17. The Kier molecular flexibility index (Phi) is 4.04. The van der Waals surface area contributed by atoms with Gasteiger partial charge in [0.2, 0.25) is 5.82 Å². The number of aromatic nitrogens is 4. The molecule has 0 unspecified atom stereocenters. The molecule has 0 aliphatic carbocycles. The maximum Gasteiger partial charge on any atom is 0.262 e. The zero-order chi connectivity index (χ0) is 18.3. The van der Waals surface area contributed by atoms with Crippen LogP contribution < -0.4 is 10.3 Å². The van der Waals surface area contributed by atoms with E-state index in [1.165, 1.54) is 6.33 Å². The van der Waals surface area contributed by atoms with E-state index in [-0.39, 0.29) is 5.56 Å². The number of hydrogen-bond acceptors (Lipinski definition) is 6.